The summed E-state index contributed by atoms with van der Waals surface area (Å²) in [5.74, 6) is -1.42. The largest absolute Gasteiger partial charge is 0.396 e. The van der Waals surface area contributed by atoms with E-state index in [2.05, 4.69) is 5.10 Å². The molecular weight excluding hydrogens is 236 g/mol. The Morgan fingerprint density at radius 3 is 2.72 bits per heavy atom. The van der Waals surface area contributed by atoms with Gasteiger partial charge in [0.15, 0.2) is 11.6 Å². The molecule has 0 aliphatic rings. The average Bonchev–Trinajstić information content (AvgIpc) is 2.62. The minimum Gasteiger partial charge on any atom is -0.396 e. The fourth-order valence-electron chi connectivity index (χ4n) is 1.80. The van der Waals surface area contributed by atoms with Gasteiger partial charge in [0.2, 0.25) is 0 Å². The van der Waals surface area contributed by atoms with Crippen molar-refractivity contribution in [2.24, 2.45) is 5.92 Å². The highest BCUT2D eigenvalue weighted by atomic mass is 19.2. The van der Waals surface area contributed by atoms with E-state index < -0.39 is 11.6 Å². The van der Waals surface area contributed by atoms with E-state index >= 15 is 0 Å². The highest BCUT2D eigenvalue weighted by molar-refractivity contribution is 5.72. The first-order valence-corrected chi connectivity index (χ1v) is 5.76. The number of halogens is 2. The van der Waals surface area contributed by atoms with Crippen LogP contribution in [0.5, 0.6) is 0 Å². The number of hydrogen-bond donors (Lipinski definition) is 1. The summed E-state index contributed by atoms with van der Waals surface area (Å²) >= 11 is 0. The highest BCUT2D eigenvalue weighted by Gasteiger charge is 2.15. The van der Waals surface area contributed by atoms with E-state index in [1.54, 1.807) is 10.9 Å². The lowest BCUT2D eigenvalue weighted by atomic mass is 10.1. The van der Waals surface area contributed by atoms with E-state index in [4.69, 9.17) is 5.73 Å². The molecule has 0 fully saturated rings. The second-order valence-corrected chi connectivity index (χ2v) is 4.65. The van der Waals surface area contributed by atoms with Gasteiger partial charge in [0.05, 0.1) is 5.69 Å². The molecule has 1 aromatic heterocycles. The number of nitrogen functional groups attached to an aromatic ring is 1. The molecule has 0 saturated heterocycles. The van der Waals surface area contributed by atoms with Gasteiger partial charge in [0.1, 0.15) is 5.69 Å². The van der Waals surface area contributed by atoms with Gasteiger partial charge < -0.3 is 5.73 Å². The number of rotatable bonds is 3. The summed E-state index contributed by atoms with van der Waals surface area (Å²) in [4.78, 5) is 0. The summed E-state index contributed by atoms with van der Waals surface area (Å²) < 4.78 is 28.5. The van der Waals surface area contributed by atoms with Crippen molar-refractivity contribution in [3.8, 4) is 11.3 Å². The predicted molar refractivity (Wildman–Crippen MR) is 66.8 cm³/mol. The Labute approximate surface area is 104 Å². The third kappa shape index (κ3) is 2.34. The highest BCUT2D eigenvalue weighted by Crippen LogP contribution is 2.27. The monoisotopic (exact) mass is 251 g/mol. The van der Waals surface area contributed by atoms with Crippen molar-refractivity contribution in [3.63, 3.8) is 0 Å². The van der Waals surface area contributed by atoms with E-state index in [-0.39, 0.29) is 11.3 Å². The Morgan fingerprint density at radius 2 is 2.06 bits per heavy atom. The van der Waals surface area contributed by atoms with Crippen LogP contribution >= 0.6 is 0 Å². The Hall–Kier alpha value is -1.91. The minimum absolute atomic E-state index is 0.0926. The SMILES string of the molecule is CC(C)Cn1cc(N)c(-c2cccc(F)c2F)n1. The van der Waals surface area contributed by atoms with E-state index in [0.29, 0.717) is 18.2 Å². The molecule has 0 unspecified atom stereocenters. The third-order valence-electron chi connectivity index (χ3n) is 2.55. The van der Waals surface area contributed by atoms with Crippen LogP contribution in [0.25, 0.3) is 11.3 Å². The second kappa shape index (κ2) is 4.76. The Balaban J connectivity index is 2.44. The molecule has 0 spiro atoms. The quantitative estimate of drug-likeness (QED) is 0.911. The van der Waals surface area contributed by atoms with Gasteiger partial charge in [-0.15, -0.1) is 0 Å². The molecule has 0 aliphatic carbocycles. The molecule has 0 saturated carbocycles. The van der Waals surface area contributed by atoms with E-state index in [0.717, 1.165) is 6.07 Å². The maximum Gasteiger partial charge on any atom is 0.168 e. The molecule has 0 radical (unpaired) electrons. The first-order valence-electron chi connectivity index (χ1n) is 5.76. The Morgan fingerprint density at radius 1 is 1.33 bits per heavy atom. The molecule has 2 rings (SSSR count). The minimum atomic E-state index is -0.918. The predicted octanol–water partition coefficient (Wildman–Crippen LogP) is 3.07. The second-order valence-electron chi connectivity index (χ2n) is 4.65. The molecule has 5 heteroatoms. The fourth-order valence-corrected chi connectivity index (χ4v) is 1.80. The van der Waals surface area contributed by atoms with E-state index in [9.17, 15) is 8.78 Å². The number of nitrogens with two attached hydrogens (primary N) is 1. The zero-order valence-corrected chi connectivity index (χ0v) is 10.3. The van der Waals surface area contributed by atoms with Gasteiger partial charge in [-0.05, 0) is 18.1 Å². The molecule has 96 valence electrons. The van der Waals surface area contributed by atoms with Gasteiger partial charge in [0, 0.05) is 18.3 Å². The van der Waals surface area contributed by atoms with Gasteiger partial charge in [-0.1, -0.05) is 19.9 Å². The molecule has 0 amide bonds. The summed E-state index contributed by atoms with van der Waals surface area (Å²) in [5.41, 5.74) is 6.52. The standard InChI is InChI=1S/C13H15F2N3/c1-8(2)6-18-7-11(16)13(17-18)9-4-3-5-10(14)12(9)15/h3-5,7-8H,6,16H2,1-2H3. The van der Waals surface area contributed by atoms with Gasteiger partial charge in [-0.3, -0.25) is 4.68 Å². The number of hydrogen-bond acceptors (Lipinski definition) is 2. The van der Waals surface area contributed by atoms with Crippen molar-refractivity contribution >= 4 is 5.69 Å². The van der Waals surface area contributed by atoms with Gasteiger partial charge in [0.25, 0.3) is 0 Å². The molecule has 1 aromatic carbocycles. The van der Waals surface area contributed by atoms with Crippen LogP contribution in [0.1, 0.15) is 13.8 Å². The zero-order valence-electron chi connectivity index (χ0n) is 10.3. The van der Waals surface area contributed by atoms with E-state index in [1.165, 1.54) is 12.1 Å². The summed E-state index contributed by atoms with van der Waals surface area (Å²) in [6.07, 6.45) is 1.64. The van der Waals surface area contributed by atoms with Gasteiger partial charge in [-0.25, -0.2) is 8.78 Å². The number of aromatic nitrogens is 2. The van der Waals surface area contributed by atoms with Crippen LogP contribution in [0, 0.1) is 17.6 Å². The Bertz CT molecular complexity index is 561. The summed E-state index contributed by atoms with van der Waals surface area (Å²) in [6, 6.07) is 3.98. The average molecular weight is 251 g/mol. The fraction of sp³-hybridized carbons (Fsp3) is 0.308. The normalized spacial score (nSPS) is 11.2. The first-order chi connectivity index (χ1) is 8.49. The van der Waals surface area contributed by atoms with Crippen molar-refractivity contribution in [1.29, 1.82) is 0 Å². The molecule has 0 atom stereocenters. The van der Waals surface area contributed by atoms with Crippen molar-refractivity contribution in [3.05, 3.63) is 36.0 Å². The van der Waals surface area contributed by atoms with Crippen LogP contribution in [-0.2, 0) is 6.54 Å². The van der Waals surface area contributed by atoms with Crippen LogP contribution in [0.15, 0.2) is 24.4 Å². The summed E-state index contributed by atoms with van der Waals surface area (Å²) in [5, 5.41) is 4.21. The first kappa shape index (κ1) is 12.5. The van der Waals surface area contributed by atoms with Crippen LogP contribution in [0.3, 0.4) is 0 Å². The topological polar surface area (TPSA) is 43.8 Å². The lowest BCUT2D eigenvalue weighted by Gasteiger charge is -2.04. The van der Waals surface area contributed by atoms with Crippen LogP contribution < -0.4 is 5.73 Å². The summed E-state index contributed by atoms with van der Waals surface area (Å²) in [6.45, 7) is 4.77. The molecular formula is C13H15F2N3. The van der Waals surface area contributed by atoms with Crippen LogP contribution in [0.2, 0.25) is 0 Å². The van der Waals surface area contributed by atoms with Crippen LogP contribution in [0.4, 0.5) is 14.5 Å². The maximum atomic E-state index is 13.7. The molecule has 1 heterocycles. The van der Waals surface area contributed by atoms with Crippen LogP contribution in [-0.4, -0.2) is 9.78 Å². The van der Waals surface area contributed by atoms with Crippen molar-refractivity contribution in [1.82, 2.24) is 9.78 Å². The molecule has 2 aromatic rings. The summed E-state index contributed by atoms with van der Waals surface area (Å²) in [7, 11) is 0. The lowest BCUT2D eigenvalue weighted by molar-refractivity contribution is 0.483. The number of nitrogens with zero attached hydrogens (tertiary/aromatic N) is 2. The van der Waals surface area contributed by atoms with Crippen molar-refractivity contribution in [2.75, 3.05) is 5.73 Å². The van der Waals surface area contributed by atoms with E-state index in [1.807, 2.05) is 13.8 Å². The zero-order chi connectivity index (χ0) is 13.3. The molecule has 2 N–H and O–H groups in total. The maximum absolute atomic E-state index is 13.7. The van der Waals surface area contributed by atoms with Crippen molar-refractivity contribution < 1.29 is 8.78 Å². The smallest absolute Gasteiger partial charge is 0.168 e. The van der Waals surface area contributed by atoms with Crippen molar-refractivity contribution in [2.45, 2.75) is 20.4 Å². The van der Waals surface area contributed by atoms with Gasteiger partial charge in [-0.2, -0.15) is 5.10 Å². The number of anilines is 1. The Kier molecular flexibility index (Phi) is 3.32. The third-order valence-corrected chi connectivity index (χ3v) is 2.55. The lowest BCUT2D eigenvalue weighted by Crippen LogP contribution is -2.04. The molecule has 3 nitrogen and oxygen atoms in total. The number of benzene rings is 1. The molecule has 18 heavy (non-hydrogen) atoms. The van der Waals surface area contributed by atoms with Gasteiger partial charge >= 0.3 is 0 Å². The molecule has 0 bridgehead atoms. The molecule has 0 aliphatic heterocycles.